The van der Waals surface area contributed by atoms with Gasteiger partial charge in [0.1, 0.15) is 5.82 Å². The standard InChI is InChI=1S/C19H27N3O/c1-5-17-21-19(23-4)18-16(20-10-11-22(17)18)9-8-15-7-6-13(2)14(3)12-15/h6-7,12,16,20H,5,8-11H2,1-4H3. The fourth-order valence-corrected chi connectivity index (χ4v) is 3.45. The first-order valence-electron chi connectivity index (χ1n) is 8.56. The lowest BCUT2D eigenvalue weighted by atomic mass is 9.99. The van der Waals surface area contributed by atoms with E-state index in [4.69, 9.17) is 4.74 Å². The molecule has 0 fully saturated rings. The molecule has 1 aromatic heterocycles. The molecule has 1 aliphatic heterocycles. The van der Waals surface area contributed by atoms with E-state index >= 15 is 0 Å². The first-order chi connectivity index (χ1) is 11.1. The Morgan fingerprint density at radius 3 is 2.83 bits per heavy atom. The smallest absolute Gasteiger partial charge is 0.236 e. The minimum Gasteiger partial charge on any atom is -0.480 e. The number of nitrogens with one attached hydrogen (secondary N) is 1. The van der Waals surface area contributed by atoms with Crippen molar-refractivity contribution in [3.8, 4) is 5.88 Å². The van der Waals surface area contributed by atoms with Crippen LogP contribution in [0.15, 0.2) is 18.2 Å². The Kier molecular flexibility index (Phi) is 4.71. The van der Waals surface area contributed by atoms with Crippen LogP contribution in [0.25, 0.3) is 0 Å². The highest BCUT2D eigenvalue weighted by atomic mass is 16.5. The van der Waals surface area contributed by atoms with Crippen LogP contribution in [0.4, 0.5) is 0 Å². The Morgan fingerprint density at radius 1 is 1.30 bits per heavy atom. The van der Waals surface area contributed by atoms with Crippen molar-refractivity contribution in [1.82, 2.24) is 14.9 Å². The molecule has 1 N–H and O–H groups in total. The van der Waals surface area contributed by atoms with Gasteiger partial charge in [-0.1, -0.05) is 25.1 Å². The fourth-order valence-electron chi connectivity index (χ4n) is 3.45. The second kappa shape index (κ2) is 6.75. The lowest BCUT2D eigenvalue weighted by Gasteiger charge is -2.27. The van der Waals surface area contributed by atoms with Gasteiger partial charge in [0.05, 0.1) is 18.8 Å². The summed E-state index contributed by atoms with van der Waals surface area (Å²) in [6, 6.07) is 7.09. The molecule has 124 valence electrons. The topological polar surface area (TPSA) is 39.1 Å². The molecule has 4 heteroatoms. The quantitative estimate of drug-likeness (QED) is 0.920. The summed E-state index contributed by atoms with van der Waals surface area (Å²) >= 11 is 0. The lowest BCUT2D eigenvalue weighted by Crippen LogP contribution is -2.34. The molecule has 1 aromatic carbocycles. The van der Waals surface area contributed by atoms with Gasteiger partial charge in [-0.2, -0.15) is 4.98 Å². The van der Waals surface area contributed by atoms with Crippen molar-refractivity contribution in [1.29, 1.82) is 0 Å². The minimum absolute atomic E-state index is 0.313. The van der Waals surface area contributed by atoms with Crippen molar-refractivity contribution in [2.45, 2.75) is 52.6 Å². The van der Waals surface area contributed by atoms with Gasteiger partial charge in [0, 0.05) is 19.5 Å². The predicted molar refractivity (Wildman–Crippen MR) is 93.1 cm³/mol. The van der Waals surface area contributed by atoms with Crippen LogP contribution in [-0.4, -0.2) is 23.2 Å². The van der Waals surface area contributed by atoms with Gasteiger partial charge in [-0.05, 0) is 43.4 Å². The van der Waals surface area contributed by atoms with Gasteiger partial charge in [-0.25, -0.2) is 0 Å². The molecule has 1 atom stereocenters. The van der Waals surface area contributed by atoms with Crippen LogP contribution in [0.5, 0.6) is 5.88 Å². The number of aromatic nitrogens is 2. The van der Waals surface area contributed by atoms with E-state index in [1.54, 1.807) is 7.11 Å². The molecule has 1 unspecified atom stereocenters. The molecule has 23 heavy (non-hydrogen) atoms. The van der Waals surface area contributed by atoms with E-state index in [0.29, 0.717) is 6.04 Å². The Bertz CT molecular complexity index is 690. The summed E-state index contributed by atoms with van der Waals surface area (Å²) in [7, 11) is 1.72. The number of hydrogen-bond donors (Lipinski definition) is 1. The van der Waals surface area contributed by atoms with Gasteiger partial charge in [-0.15, -0.1) is 0 Å². The minimum atomic E-state index is 0.313. The third kappa shape index (κ3) is 3.13. The van der Waals surface area contributed by atoms with Gasteiger partial charge >= 0.3 is 0 Å². The molecule has 2 heterocycles. The predicted octanol–water partition coefficient (Wildman–Crippen LogP) is 3.35. The molecule has 4 nitrogen and oxygen atoms in total. The zero-order chi connectivity index (χ0) is 16.4. The van der Waals surface area contributed by atoms with Crippen molar-refractivity contribution in [2.75, 3.05) is 13.7 Å². The average molecular weight is 313 g/mol. The Hall–Kier alpha value is -1.81. The van der Waals surface area contributed by atoms with Crippen molar-refractivity contribution in [3.63, 3.8) is 0 Å². The maximum Gasteiger partial charge on any atom is 0.236 e. The summed E-state index contributed by atoms with van der Waals surface area (Å²) in [6.45, 7) is 8.48. The van der Waals surface area contributed by atoms with Crippen LogP contribution in [0, 0.1) is 13.8 Å². The normalized spacial score (nSPS) is 17.1. The number of fused-ring (bicyclic) bond motifs is 1. The number of ether oxygens (including phenoxy) is 1. The Balaban J connectivity index is 1.80. The van der Waals surface area contributed by atoms with E-state index in [0.717, 1.165) is 44.1 Å². The summed E-state index contributed by atoms with van der Waals surface area (Å²) < 4.78 is 7.89. The fraction of sp³-hybridized carbons (Fsp3) is 0.526. The van der Waals surface area contributed by atoms with Crippen molar-refractivity contribution in [3.05, 3.63) is 46.4 Å². The van der Waals surface area contributed by atoms with Gasteiger partial charge < -0.3 is 14.6 Å². The third-order valence-electron chi connectivity index (χ3n) is 4.91. The Labute approximate surface area is 138 Å². The van der Waals surface area contributed by atoms with Crippen LogP contribution in [0.2, 0.25) is 0 Å². The molecule has 0 amide bonds. The van der Waals surface area contributed by atoms with Crippen molar-refractivity contribution in [2.24, 2.45) is 0 Å². The number of aryl methyl sites for hydroxylation is 4. The maximum atomic E-state index is 5.54. The first-order valence-corrected chi connectivity index (χ1v) is 8.56. The summed E-state index contributed by atoms with van der Waals surface area (Å²) in [6.07, 6.45) is 3.07. The van der Waals surface area contributed by atoms with Crippen molar-refractivity contribution < 1.29 is 4.74 Å². The van der Waals surface area contributed by atoms with Crippen LogP contribution >= 0.6 is 0 Å². The van der Waals surface area contributed by atoms with Crippen molar-refractivity contribution >= 4 is 0 Å². The molecule has 0 spiro atoms. The molecular weight excluding hydrogens is 286 g/mol. The molecule has 0 saturated heterocycles. The SMILES string of the molecule is CCc1nc(OC)c2n1CCNC2CCc1ccc(C)c(C)c1. The zero-order valence-electron chi connectivity index (χ0n) is 14.6. The highest BCUT2D eigenvalue weighted by Crippen LogP contribution is 2.31. The lowest BCUT2D eigenvalue weighted by molar-refractivity contribution is 0.356. The number of hydrogen-bond acceptors (Lipinski definition) is 3. The maximum absolute atomic E-state index is 5.54. The van der Waals surface area contributed by atoms with Gasteiger partial charge in [0.25, 0.3) is 0 Å². The van der Waals surface area contributed by atoms with E-state index in [1.165, 1.54) is 22.4 Å². The molecule has 1 aliphatic rings. The summed E-state index contributed by atoms with van der Waals surface area (Å²) in [5, 5.41) is 3.64. The first kappa shape index (κ1) is 16.1. The van der Waals surface area contributed by atoms with E-state index in [2.05, 4.69) is 53.8 Å². The van der Waals surface area contributed by atoms with E-state index in [9.17, 15) is 0 Å². The number of benzene rings is 1. The monoisotopic (exact) mass is 313 g/mol. The highest BCUT2D eigenvalue weighted by molar-refractivity contribution is 5.31. The number of nitrogens with zero attached hydrogens (tertiary/aromatic N) is 2. The number of methoxy groups -OCH3 is 1. The molecule has 2 aromatic rings. The molecule has 3 rings (SSSR count). The molecule has 0 bridgehead atoms. The van der Waals surface area contributed by atoms with E-state index < -0.39 is 0 Å². The summed E-state index contributed by atoms with van der Waals surface area (Å²) in [5.41, 5.74) is 5.35. The molecule has 0 aliphatic carbocycles. The second-order valence-electron chi connectivity index (χ2n) is 6.39. The van der Waals surface area contributed by atoms with Crippen LogP contribution < -0.4 is 10.1 Å². The second-order valence-corrected chi connectivity index (χ2v) is 6.39. The molecule has 0 saturated carbocycles. The zero-order valence-corrected chi connectivity index (χ0v) is 14.6. The van der Waals surface area contributed by atoms with Crippen LogP contribution in [-0.2, 0) is 19.4 Å². The number of rotatable bonds is 5. The van der Waals surface area contributed by atoms with Gasteiger partial charge in [-0.3, -0.25) is 0 Å². The molecule has 0 radical (unpaired) electrons. The third-order valence-corrected chi connectivity index (χ3v) is 4.91. The van der Waals surface area contributed by atoms with Gasteiger partial charge in [0.15, 0.2) is 0 Å². The van der Waals surface area contributed by atoms with Crippen LogP contribution in [0.3, 0.4) is 0 Å². The van der Waals surface area contributed by atoms with Gasteiger partial charge in [0.2, 0.25) is 5.88 Å². The summed E-state index contributed by atoms with van der Waals surface area (Å²) in [5.74, 6) is 1.92. The molecular formula is C19H27N3O. The Morgan fingerprint density at radius 2 is 2.13 bits per heavy atom. The van der Waals surface area contributed by atoms with E-state index in [1.807, 2.05) is 0 Å². The highest BCUT2D eigenvalue weighted by Gasteiger charge is 2.27. The van der Waals surface area contributed by atoms with E-state index in [-0.39, 0.29) is 0 Å². The largest absolute Gasteiger partial charge is 0.480 e. The number of imidazole rings is 1. The average Bonchev–Trinajstić information content (AvgIpc) is 2.94. The summed E-state index contributed by atoms with van der Waals surface area (Å²) in [4.78, 5) is 4.66. The van der Waals surface area contributed by atoms with Crippen LogP contribution in [0.1, 0.15) is 47.6 Å².